The molecule has 0 spiro atoms. The summed E-state index contributed by atoms with van der Waals surface area (Å²) in [7, 11) is 0. The molecule has 0 amide bonds. The van der Waals surface area contributed by atoms with E-state index in [1.807, 2.05) is 48.3 Å². The second-order valence-corrected chi connectivity index (χ2v) is 6.56. The van der Waals surface area contributed by atoms with Gasteiger partial charge in [0.05, 0.1) is 12.0 Å². The van der Waals surface area contributed by atoms with E-state index in [-0.39, 0.29) is 12.1 Å². The highest BCUT2D eigenvalue weighted by atomic mass is 32.2. The van der Waals surface area contributed by atoms with Gasteiger partial charge < -0.3 is 9.32 Å². The first kappa shape index (κ1) is 12.0. The molecule has 2 aliphatic rings. The topological polar surface area (TPSA) is 41.6 Å². The van der Waals surface area contributed by atoms with Crippen molar-refractivity contribution in [1.82, 2.24) is 9.88 Å². The largest absolute Gasteiger partial charge is 0.467 e. The molecule has 3 atom stereocenters. The van der Waals surface area contributed by atoms with Crippen LogP contribution < -0.4 is 0 Å². The highest BCUT2D eigenvalue weighted by Crippen LogP contribution is 2.47. The SMILES string of the molecule is C[C@@H]1CN2C(=N[C@@H](c3ccccn3)[C@@H]2c2ccco2)S1. The van der Waals surface area contributed by atoms with E-state index in [4.69, 9.17) is 9.41 Å². The van der Waals surface area contributed by atoms with Crippen LogP contribution in [0.5, 0.6) is 0 Å². The van der Waals surface area contributed by atoms with E-state index < -0.39 is 0 Å². The molecule has 5 heteroatoms. The van der Waals surface area contributed by atoms with Gasteiger partial charge in [-0.1, -0.05) is 24.8 Å². The molecule has 4 heterocycles. The first-order chi connectivity index (χ1) is 9.83. The Kier molecular flexibility index (Phi) is 2.80. The summed E-state index contributed by atoms with van der Waals surface area (Å²) < 4.78 is 5.66. The van der Waals surface area contributed by atoms with E-state index in [2.05, 4.69) is 16.8 Å². The molecule has 2 aliphatic heterocycles. The van der Waals surface area contributed by atoms with Crippen molar-refractivity contribution in [3.63, 3.8) is 0 Å². The Morgan fingerprint density at radius 3 is 3.00 bits per heavy atom. The molecule has 2 aromatic heterocycles. The number of aliphatic imine (C=N–C) groups is 1. The zero-order valence-electron chi connectivity index (χ0n) is 11.1. The van der Waals surface area contributed by atoms with Crippen LogP contribution in [-0.2, 0) is 0 Å². The van der Waals surface area contributed by atoms with Crippen molar-refractivity contribution >= 4 is 16.9 Å². The number of fused-ring (bicyclic) bond motifs is 1. The van der Waals surface area contributed by atoms with Crippen LogP contribution in [-0.4, -0.2) is 26.8 Å². The lowest BCUT2D eigenvalue weighted by molar-refractivity contribution is 0.275. The van der Waals surface area contributed by atoms with Crippen molar-refractivity contribution in [2.45, 2.75) is 24.3 Å². The Morgan fingerprint density at radius 2 is 2.25 bits per heavy atom. The van der Waals surface area contributed by atoms with Crippen LogP contribution in [0.3, 0.4) is 0 Å². The van der Waals surface area contributed by atoms with Crippen LogP contribution in [0.4, 0.5) is 0 Å². The van der Waals surface area contributed by atoms with Crippen LogP contribution in [0.1, 0.15) is 30.5 Å². The third kappa shape index (κ3) is 1.85. The number of nitrogens with zero attached hydrogens (tertiary/aromatic N) is 3. The average molecular weight is 285 g/mol. The summed E-state index contributed by atoms with van der Waals surface area (Å²) in [4.78, 5) is 11.7. The fraction of sp³-hybridized carbons (Fsp3) is 0.333. The van der Waals surface area contributed by atoms with Gasteiger partial charge in [-0.2, -0.15) is 0 Å². The van der Waals surface area contributed by atoms with Crippen LogP contribution in [0.25, 0.3) is 0 Å². The van der Waals surface area contributed by atoms with Crippen LogP contribution in [0.15, 0.2) is 52.2 Å². The first-order valence-corrected chi connectivity index (χ1v) is 7.66. The molecule has 0 aromatic carbocycles. The fourth-order valence-corrected chi connectivity index (χ4v) is 3.98. The van der Waals surface area contributed by atoms with Crippen LogP contribution in [0.2, 0.25) is 0 Å². The molecule has 0 saturated carbocycles. The third-order valence-corrected chi connectivity index (χ3v) is 4.82. The standard InChI is InChI=1S/C15H15N3OS/c1-10-9-18-14(12-6-4-8-19-12)13(17-15(18)20-10)11-5-2-3-7-16-11/h2-8,10,13-14H,9H2,1H3/t10-,13+,14+/m1/s1. The Bertz CT molecular complexity index is 626. The van der Waals surface area contributed by atoms with Gasteiger partial charge in [0.25, 0.3) is 0 Å². The smallest absolute Gasteiger partial charge is 0.161 e. The number of furan rings is 1. The summed E-state index contributed by atoms with van der Waals surface area (Å²) in [6.45, 7) is 3.25. The van der Waals surface area contributed by atoms with Gasteiger partial charge in [0.15, 0.2) is 5.17 Å². The molecular formula is C15H15N3OS. The number of hydrogen-bond donors (Lipinski definition) is 0. The maximum Gasteiger partial charge on any atom is 0.161 e. The van der Waals surface area contributed by atoms with Gasteiger partial charge in [-0.25, -0.2) is 4.99 Å². The molecule has 4 rings (SSSR count). The maximum atomic E-state index is 5.66. The van der Waals surface area contributed by atoms with E-state index in [1.165, 1.54) is 0 Å². The second-order valence-electron chi connectivity index (χ2n) is 5.15. The molecule has 0 N–H and O–H groups in total. The lowest BCUT2D eigenvalue weighted by atomic mass is 10.0. The van der Waals surface area contributed by atoms with Crippen molar-refractivity contribution in [3.05, 3.63) is 54.2 Å². The van der Waals surface area contributed by atoms with E-state index >= 15 is 0 Å². The number of pyridine rings is 1. The number of amidine groups is 1. The number of hydrogen-bond acceptors (Lipinski definition) is 5. The summed E-state index contributed by atoms with van der Waals surface area (Å²) in [6, 6.07) is 10.1. The van der Waals surface area contributed by atoms with Crippen molar-refractivity contribution in [2.75, 3.05) is 6.54 Å². The van der Waals surface area contributed by atoms with Gasteiger partial charge >= 0.3 is 0 Å². The van der Waals surface area contributed by atoms with E-state index in [0.717, 1.165) is 23.2 Å². The van der Waals surface area contributed by atoms with Gasteiger partial charge in [0.1, 0.15) is 17.8 Å². The normalized spacial score (nSPS) is 28.6. The summed E-state index contributed by atoms with van der Waals surface area (Å²) in [6.07, 6.45) is 3.56. The van der Waals surface area contributed by atoms with Gasteiger partial charge in [0.2, 0.25) is 0 Å². The zero-order valence-corrected chi connectivity index (χ0v) is 12.0. The second kappa shape index (κ2) is 4.66. The van der Waals surface area contributed by atoms with E-state index in [0.29, 0.717) is 5.25 Å². The summed E-state index contributed by atoms with van der Waals surface area (Å²) in [5.41, 5.74) is 1.00. The van der Waals surface area contributed by atoms with Crippen molar-refractivity contribution in [3.8, 4) is 0 Å². The van der Waals surface area contributed by atoms with Crippen LogP contribution >= 0.6 is 11.8 Å². The quantitative estimate of drug-likeness (QED) is 0.849. The number of rotatable bonds is 2. The first-order valence-electron chi connectivity index (χ1n) is 6.78. The molecule has 102 valence electrons. The van der Waals surface area contributed by atoms with E-state index in [1.54, 1.807) is 6.26 Å². The molecule has 0 unspecified atom stereocenters. The van der Waals surface area contributed by atoms with Crippen molar-refractivity contribution < 1.29 is 4.42 Å². The van der Waals surface area contributed by atoms with E-state index in [9.17, 15) is 0 Å². The maximum absolute atomic E-state index is 5.66. The van der Waals surface area contributed by atoms with Crippen molar-refractivity contribution in [2.24, 2.45) is 4.99 Å². The molecule has 2 aromatic rings. The lowest BCUT2D eigenvalue weighted by Gasteiger charge is -2.24. The monoisotopic (exact) mass is 285 g/mol. The zero-order chi connectivity index (χ0) is 13.5. The molecular weight excluding hydrogens is 270 g/mol. The number of thioether (sulfide) groups is 1. The summed E-state index contributed by atoms with van der Waals surface area (Å²) >= 11 is 1.84. The molecule has 1 saturated heterocycles. The van der Waals surface area contributed by atoms with Gasteiger partial charge in [-0.15, -0.1) is 0 Å². The predicted octanol–water partition coefficient (Wildman–Crippen LogP) is 3.26. The molecule has 0 radical (unpaired) electrons. The molecule has 1 fully saturated rings. The molecule has 0 aliphatic carbocycles. The highest BCUT2D eigenvalue weighted by molar-refractivity contribution is 8.14. The molecule has 20 heavy (non-hydrogen) atoms. The third-order valence-electron chi connectivity index (χ3n) is 3.72. The Balaban J connectivity index is 1.77. The highest BCUT2D eigenvalue weighted by Gasteiger charge is 2.44. The lowest BCUT2D eigenvalue weighted by Crippen LogP contribution is -2.28. The Morgan fingerprint density at radius 1 is 1.30 bits per heavy atom. The summed E-state index contributed by atoms with van der Waals surface area (Å²) in [5, 5.41) is 1.70. The predicted molar refractivity (Wildman–Crippen MR) is 79.6 cm³/mol. The Hall–Kier alpha value is -1.75. The Labute approximate surface area is 121 Å². The van der Waals surface area contributed by atoms with Crippen molar-refractivity contribution in [1.29, 1.82) is 0 Å². The molecule has 4 nitrogen and oxygen atoms in total. The van der Waals surface area contributed by atoms with Gasteiger partial charge in [0, 0.05) is 18.0 Å². The minimum Gasteiger partial charge on any atom is -0.467 e. The summed E-state index contributed by atoms with van der Waals surface area (Å²) in [5.74, 6) is 0.967. The fourth-order valence-electron chi connectivity index (χ4n) is 2.88. The van der Waals surface area contributed by atoms with Gasteiger partial charge in [-0.05, 0) is 24.3 Å². The minimum absolute atomic E-state index is 0.0253. The number of aromatic nitrogens is 1. The average Bonchev–Trinajstić information content (AvgIpc) is 3.14. The molecule has 0 bridgehead atoms. The minimum atomic E-state index is 0.0253. The van der Waals surface area contributed by atoms with Crippen LogP contribution in [0, 0.1) is 0 Å². The van der Waals surface area contributed by atoms with Gasteiger partial charge in [-0.3, -0.25) is 4.98 Å².